The van der Waals surface area contributed by atoms with E-state index in [1.54, 1.807) is 0 Å². The highest BCUT2D eigenvalue weighted by atomic mass is 32.2. The Labute approximate surface area is 122 Å². The number of fused-ring (bicyclic) bond motifs is 1. The number of thioether (sulfide) groups is 1. The van der Waals surface area contributed by atoms with E-state index in [0.29, 0.717) is 18.7 Å². The van der Waals surface area contributed by atoms with E-state index < -0.39 is 0 Å². The second-order valence-electron chi connectivity index (χ2n) is 5.22. The Morgan fingerprint density at radius 1 is 1.40 bits per heavy atom. The number of nitrogens with zero attached hydrogens (tertiary/aromatic N) is 2. The summed E-state index contributed by atoms with van der Waals surface area (Å²) in [5, 5.41) is 12.6. The molecule has 2 aliphatic rings. The number of carbonyl (C=O) groups is 1. The first kappa shape index (κ1) is 13.5. The van der Waals surface area contributed by atoms with Gasteiger partial charge in [-0.2, -0.15) is 11.8 Å². The maximum absolute atomic E-state index is 12.7. The maximum atomic E-state index is 12.7. The van der Waals surface area contributed by atoms with Gasteiger partial charge in [0.25, 0.3) is 0 Å². The lowest BCUT2D eigenvalue weighted by atomic mass is 10.0. The van der Waals surface area contributed by atoms with E-state index in [0.717, 1.165) is 35.6 Å². The molecule has 0 aliphatic carbocycles. The molecule has 1 saturated heterocycles. The highest BCUT2D eigenvalue weighted by Gasteiger charge is 2.31. The first-order valence-corrected chi connectivity index (χ1v) is 8.16. The molecule has 1 amide bonds. The van der Waals surface area contributed by atoms with Crippen LogP contribution in [0.2, 0.25) is 0 Å². The van der Waals surface area contributed by atoms with Gasteiger partial charge in [0, 0.05) is 23.8 Å². The Kier molecular flexibility index (Phi) is 3.96. The van der Waals surface area contributed by atoms with Crippen molar-refractivity contribution in [2.24, 2.45) is 11.1 Å². The zero-order chi connectivity index (χ0) is 13.9. The van der Waals surface area contributed by atoms with Crippen LogP contribution in [0.5, 0.6) is 0 Å². The summed E-state index contributed by atoms with van der Waals surface area (Å²) in [6.07, 6.45) is 2.51. The molecule has 5 heteroatoms. The zero-order valence-corrected chi connectivity index (χ0v) is 12.1. The van der Waals surface area contributed by atoms with Crippen molar-refractivity contribution < 1.29 is 10.0 Å². The van der Waals surface area contributed by atoms with Gasteiger partial charge < -0.3 is 10.1 Å². The topological polar surface area (TPSA) is 52.9 Å². The molecule has 0 saturated carbocycles. The van der Waals surface area contributed by atoms with Crippen LogP contribution in [0.25, 0.3) is 0 Å². The molecule has 0 aromatic heterocycles. The van der Waals surface area contributed by atoms with Crippen molar-refractivity contribution in [3.63, 3.8) is 0 Å². The molecule has 0 bridgehead atoms. The van der Waals surface area contributed by atoms with Crippen molar-refractivity contribution in [3.8, 4) is 0 Å². The van der Waals surface area contributed by atoms with Crippen molar-refractivity contribution in [2.45, 2.75) is 19.3 Å². The molecule has 0 radical (unpaired) electrons. The molecule has 1 aromatic rings. The zero-order valence-electron chi connectivity index (χ0n) is 11.3. The smallest absolute Gasteiger partial charge is 0.230 e. The molecule has 2 heterocycles. The number of oxime groups is 1. The van der Waals surface area contributed by atoms with E-state index in [2.05, 4.69) is 5.16 Å². The Bertz CT molecular complexity index is 538. The molecular formula is C15H18N2O2S. The van der Waals surface area contributed by atoms with Crippen molar-refractivity contribution in [1.82, 2.24) is 0 Å². The third-order valence-corrected chi connectivity index (χ3v) is 5.13. The number of hydrogen-bond acceptors (Lipinski definition) is 4. The Balaban J connectivity index is 1.96. The molecule has 1 N–H and O–H groups in total. The van der Waals surface area contributed by atoms with E-state index in [1.807, 2.05) is 40.9 Å². The molecule has 1 fully saturated rings. The summed E-state index contributed by atoms with van der Waals surface area (Å²) in [6, 6.07) is 7.73. The van der Waals surface area contributed by atoms with E-state index in [9.17, 15) is 10.0 Å². The number of anilines is 1. The van der Waals surface area contributed by atoms with E-state index in [1.165, 1.54) is 0 Å². The highest BCUT2D eigenvalue weighted by Crippen LogP contribution is 2.31. The number of para-hydroxylation sites is 1. The average molecular weight is 290 g/mol. The SMILES string of the molecule is O=C(C1CCSC1)N1CCC/C(=N/O)c2ccccc21. The van der Waals surface area contributed by atoms with Crippen LogP contribution in [0.4, 0.5) is 5.69 Å². The van der Waals surface area contributed by atoms with Gasteiger partial charge in [-0.25, -0.2) is 0 Å². The van der Waals surface area contributed by atoms with Gasteiger partial charge in [0.2, 0.25) is 5.91 Å². The fourth-order valence-corrected chi connectivity index (χ4v) is 4.11. The first-order valence-electron chi connectivity index (χ1n) is 7.00. The van der Waals surface area contributed by atoms with Crippen LogP contribution in [0.15, 0.2) is 29.4 Å². The molecule has 4 nitrogen and oxygen atoms in total. The number of benzene rings is 1. The quantitative estimate of drug-likeness (QED) is 0.639. The Morgan fingerprint density at radius 2 is 2.25 bits per heavy atom. The first-order chi connectivity index (χ1) is 9.81. The van der Waals surface area contributed by atoms with Crippen LogP contribution in [0.3, 0.4) is 0 Å². The summed E-state index contributed by atoms with van der Waals surface area (Å²) in [6.45, 7) is 0.704. The van der Waals surface area contributed by atoms with Gasteiger partial charge in [0.05, 0.1) is 11.4 Å². The summed E-state index contributed by atoms with van der Waals surface area (Å²) < 4.78 is 0. The number of carbonyl (C=O) groups excluding carboxylic acids is 1. The van der Waals surface area contributed by atoms with E-state index in [4.69, 9.17) is 0 Å². The van der Waals surface area contributed by atoms with Crippen molar-refractivity contribution in [2.75, 3.05) is 23.0 Å². The second-order valence-corrected chi connectivity index (χ2v) is 6.37. The summed E-state index contributed by atoms with van der Waals surface area (Å²) in [4.78, 5) is 14.6. The minimum Gasteiger partial charge on any atom is -0.411 e. The van der Waals surface area contributed by atoms with Gasteiger partial charge in [0.15, 0.2) is 0 Å². The summed E-state index contributed by atoms with van der Waals surface area (Å²) in [7, 11) is 0. The minimum absolute atomic E-state index is 0.140. The fourth-order valence-electron chi connectivity index (χ4n) is 2.90. The largest absolute Gasteiger partial charge is 0.411 e. The summed E-state index contributed by atoms with van der Waals surface area (Å²) >= 11 is 1.85. The van der Waals surface area contributed by atoms with Crippen molar-refractivity contribution in [3.05, 3.63) is 29.8 Å². The van der Waals surface area contributed by atoms with Gasteiger partial charge in [-0.05, 0) is 31.1 Å². The summed E-state index contributed by atoms with van der Waals surface area (Å²) in [5.41, 5.74) is 2.45. The third-order valence-electron chi connectivity index (χ3n) is 3.97. The molecule has 1 atom stereocenters. The van der Waals surface area contributed by atoms with E-state index in [-0.39, 0.29) is 11.8 Å². The standard InChI is InChI=1S/C15H18N2O2S/c18-15(11-7-9-20-10-11)17-8-3-5-13(16-19)12-4-1-2-6-14(12)17/h1-2,4,6,11,19H,3,5,7-10H2/b16-13-. The third kappa shape index (κ3) is 2.42. The van der Waals surface area contributed by atoms with Gasteiger partial charge in [-0.3, -0.25) is 4.79 Å². The molecule has 1 aromatic carbocycles. The van der Waals surface area contributed by atoms with Crippen LogP contribution in [-0.2, 0) is 4.79 Å². The molecule has 2 aliphatic heterocycles. The van der Waals surface area contributed by atoms with Crippen molar-refractivity contribution >= 4 is 29.1 Å². The lowest BCUT2D eigenvalue weighted by molar-refractivity contribution is -0.121. The molecule has 1 unspecified atom stereocenters. The Hall–Kier alpha value is -1.49. The normalized spacial score (nSPS) is 24.5. The number of amides is 1. The van der Waals surface area contributed by atoms with Gasteiger partial charge in [0.1, 0.15) is 0 Å². The Morgan fingerprint density at radius 3 is 3.00 bits per heavy atom. The van der Waals surface area contributed by atoms with Crippen LogP contribution >= 0.6 is 11.8 Å². The van der Waals surface area contributed by atoms with Gasteiger partial charge in [-0.1, -0.05) is 23.4 Å². The highest BCUT2D eigenvalue weighted by molar-refractivity contribution is 7.99. The lowest BCUT2D eigenvalue weighted by Gasteiger charge is -2.25. The van der Waals surface area contributed by atoms with E-state index >= 15 is 0 Å². The van der Waals surface area contributed by atoms with Gasteiger partial charge in [-0.15, -0.1) is 0 Å². The number of hydrogen-bond donors (Lipinski definition) is 1. The molecule has 0 spiro atoms. The predicted octanol–water partition coefficient (Wildman–Crippen LogP) is 2.74. The minimum atomic E-state index is 0.140. The van der Waals surface area contributed by atoms with Gasteiger partial charge >= 0.3 is 0 Å². The average Bonchev–Trinajstić information content (AvgIpc) is 2.95. The number of rotatable bonds is 1. The fraction of sp³-hybridized carbons (Fsp3) is 0.467. The maximum Gasteiger partial charge on any atom is 0.230 e. The predicted molar refractivity (Wildman–Crippen MR) is 81.8 cm³/mol. The van der Waals surface area contributed by atoms with Crippen molar-refractivity contribution in [1.29, 1.82) is 0 Å². The van der Waals surface area contributed by atoms with Crippen LogP contribution < -0.4 is 4.90 Å². The molecule has 3 rings (SSSR count). The van der Waals surface area contributed by atoms with Crippen LogP contribution in [0, 0.1) is 5.92 Å². The van der Waals surface area contributed by atoms with Crippen LogP contribution in [-0.4, -0.2) is 34.9 Å². The second kappa shape index (κ2) is 5.87. The summed E-state index contributed by atoms with van der Waals surface area (Å²) in [5.74, 6) is 2.37. The lowest BCUT2D eigenvalue weighted by Crippen LogP contribution is -2.37. The van der Waals surface area contributed by atoms with Crippen LogP contribution in [0.1, 0.15) is 24.8 Å². The molecule has 106 valence electrons. The monoisotopic (exact) mass is 290 g/mol. The molecule has 20 heavy (non-hydrogen) atoms. The molecular weight excluding hydrogens is 272 g/mol.